The average Bonchev–Trinajstić information content (AvgIpc) is 3.29. The first kappa shape index (κ1) is 26.5. The Balaban J connectivity index is 0.00000385. The van der Waals surface area contributed by atoms with Crippen LogP contribution in [0.25, 0.3) is 0 Å². The number of ether oxygens (including phenoxy) is 1. The number of furan rings is 1. The van der Waals surface area contributed by atoms with E-state index in [9.17, 15) is 4.79 Å². The number of nitrogens with zero attached hydrogens (tertiary/aromatic N) is 2. The highest BCUT2D eigenvalue weighted by Crippen LogP contribution is 2.16. The van der Waals surface area contributed by atoms with Gasteiger partial charge in [0.25, 0.3) is 0 Å². The highest BCUT2D eigenvalue weighted by atomic mass is 127. The molecular weight excluding hydrogens is 531 g/mol. The molecule has 178 valence electrons. The first-order valence-corrected chi connectivity index (χ1v) is 11.1. The summed E-state index contributed by atoms with van der Waals surface area (Å²) >= 11 is 0. The van der Waals surface area contributed by atoms with Crippen molar-refractivity contribution in [3.63, 3.8) is 0 Å². The standard InChI is InChI=1S/C25H32N4O3.HI/c1-20(2)32-23-12-10-21(11-13-23)28-25(27-16-14-22-8-7-19-31-22)26-15-4-6-18-29-17-5-3-9-24(29)30;/h3,5,7-13,17,19-20H,4,6,14-16,18H2,1-2H3,(H2,26,27,28);1H. The number of aromatic nitrogens is 1. The van der Waals surface area contributed by atoms with E-state index < -0.39 is 0 Å². The molecule has 0 atom stereocenters. The van der Waals surface area contributed by atoms with Crippen LogP contribution in [0.15, 0.2) is 81.3 Å². The van der Waals surface area contributed by atoms with Crippen molar-refractivity contribution in [1.29, 1.82) is 0 Å². The van der Waals surface area contributed by atoms with Crippen molar-refractivity contribution in [2.75, 3.05) is 18.4 Å². The van der Waals surface area contributed by atoms with Gasteiger partial charge in [-0.05, 0) is 69.2 Å². The molecule has 0 fully saturated rings. The number of anilines is 1. The number of rotatable bonds is 11. The van der Waals surface area contributed by atoms with Gasteiger partial charge < -0.3 is 24.4 Å². The summed E-state index contributed by atoms with van der Waals surface area (Å²) in [6.45, 7) is 6.07. The zero-order valence-corrected chi connectivity index (χ0v) is 21.5. The lowest BCUT2D eigenvalue weighted by atomic mass is 10.3. The number of halogens is 1. The molecule has 2 heterocycles. The fourth-order valence-corrected chi connectivity index (χ4v) is 3.15. The number of hydrogen-bond acceptors (Lipinski definition) is 4. The van der Waals surface area contributed by atoms with Gasteiger partial charge in [0.2, 0.25) is 5.56 Å². The minimum atomic E-state index is 0. The summed E-state index contributed by atoms with van der Waals surface area (Å²) in [5.41, 5.74) is 0.962. The topological polar surface area (TPSA) is 80.8 Å². The van der Waals surface area contributed by atoms with Gasteiger partial charge in [-0.3, -0.25) is 9.79 Å². The molecule has 3 rings (SSSR count). The van der Waals surface area contributed by atoms with E-state index in [-0.39, 0.29) is 35.6 Å². The predicted octanol–water partition coefficient (Wildman–Crippen LogP) is 4.93. The Morgan fingerprint density at radius 3 is 2.61 bits per heavy atom. The minimum Gasteiger partial charge on any atom is -0.491 e. The van der Waals surface area contributed by atoms with Crippen LogP contribution in [0.2, 0.25) is 0 Å². The van der Waals surface area contributed by atoms with Gasteiger partial charge in [-0.2, -0.15) is 0 Å². The third-order valence-electron chi connectivity index (χ3n) is 4.71. The van der Waals surface area contributed by atoms with Gasteiger partial charge >= 0.3 is 0 Å². The van der Waals surface area contributed by atoms with Gasteiger partial charge in [0.1, 0.15) is 11.5 Å². The summed E-state index contributed by atoms with van der Waals surface area (Å²) in [6, 6.07) is 16.9. The van der Waals surface area contributed by atoms with Crippen LogP contribution in [-0.4, -0.2) is 29.7 Å². The normalized spacial score (nSPS) is 11.2. The molecule has 0 spiro atoms. The first-order chi connectivity index (χ1) is 15.6. The van der Waals surface area contributed by atoms with E-state index in [1.54, 1.807) is 23.0 Å². The van der Waals surface area contributed by atoms with Gasteiger partial charge in [-0.15, -0.1) is 24.0 Å². The average molecular weight is 564 g/mol. The van der Waals surface area contributed by atoms with Crippen molar-refractivity contribution in [3.05, 3.63) is 83.2 Å². The Labute approximate surface area is 212 Å². The number of nitrogens with one attached hydrogen (secondary N) is 2. The lowest BCUT2D eigenvalue weighted by Gasteiger charge is -2.14. The molecule has 0 aliphatic heterocycles. The Kier molecular flexibility index (Phi) is 11.6. The number of aryl methyl sites for hydroxylation is 1. The fraction of sp³-hybridized carbons (Fsp3) is 0.360. The maximum Gasteiger partial charge on any atom is 0.250 e. The monoisotopic (exact) mass is 564 g/mol. The number of guanidine groups is 1. The van der Waals surface area contributed by atoms with Gasteiger partial charge in [-0.1, -0.05) is 6.07 Å². The van der Waals surface area contributed by atoms with Crippen molar-refractivity contribution in [1.82, 2.24) is 9.88 Å². The second-order valence-corrected chi connectivity index (χ2v) is 7.74. The van der Waals surface area contributed by atoms with Crippen molar-refractivity contribution in [2.24, 2.45) is 4.99 Å². The Hall–Kier alpha value is -2.75. The van der Waals surface area contributed by atoms with Crippen molar-refractivity contribution < 1.29 is 9.15 Å². The van der Waals surface area contributed by atoms with E-state index in [0.29, 0.717) is 25.6 Å². The molecule has 2 N–H and O–H groups in total. The molecule has 0 radical (unpaired) electrons. The van der Waals surface area contributed by atoms with Crippen LogP contribution >= 0.6 is 24.0 Å². The SMILES string of the molecule is CC(C)Oc1ccc(NC(=NCCCCn2ccccc2=O)NCCc2ccco2)cc1.I. The summed E-state index contributed by atoms with van der Waals surface area (Å²) in [4.78, 5) is 16.5. The number of hydrogen-bond donors (Lipinski definition) is 2. The van der Waals surface area contributed by atoms with Gasteiger partial charge in [0.15, 0.2) is 5.96 Å². The van der Waals surface area contributed by atoms with Crippen LogP contribution in [0.1, 0.15) is 32.4 Å². The first-order valence-electron chi connectivity index (χ1n) is 11.1. The molecule has 0 bridgehead atoms. The molecule has 3 aromatic rings. The molecule has 0 aliphatic rings. The van der Waals surface area contributed by atoms with E-state index in [1.165, 1.54) is 0 Å². The van der Waals surface area contributed by atoms with Crippen LogP contribution in [0, 0.1) is 0 Å². The van der Waals surface area contributed by atoms with Crippen LogP contribution in [-0.2, 0) is 13.0 Å². The Morgan fingerprint density at radius 2 is 1.91 bits per heavy atom. The summed E-state index contributed by atoms with van der Waals surface area (Å²) in [5.74, 6) is 2.48. The largest absolute Gasteiger partial charge is 0.491 e. The molecule has 33 heavy (non-hydrogen) atoms. The molecule has 1 aromatic carbocycles. The zero-order chi connectivity index (χ0) is 22.6. The van der Waals surface area contributed by atoms with E-state index in [0.717, 1.165) is 36.5 Å². The van der Waals surface area contributed by atoms with Gasteiger partial charge in [0.05, 0.1) is 12.4 Å². The van der Waals surface area contributed by atoms with Crippen LogP contribution in [0.3, 0.4) is 0 Å². The molecular formula is C25H33IN4O3. The molecule has 7 nitrogen and oxygen atoms in total. The molecule has 0 aliphatic carbocycles. The number of pyridine rings is 1. The summed E-state index contributed by atoms with van der Waals surface area (Å²) in [6.07, 6.45) is 6.18. The molecule has 0 saturated carbocycles. The maximum absolute atomic E-state index is 11.8. The van der Waals surface area contributed by atoms with Crippen LogP contribution in [0.5, 0.6) is 5.75 Å². The summed E-state index contributed by atoms with van der Waals surface area (Å²) < 4.78 is 12.8. The van der Waals surface area contributed by atoms with Crippen LogP contribution in [0.4, 0.5) is 5.69 Å². The molecule has 0 saturated heterocycles. The number of aliphatic imine (C=N–C) groups is 1. The van der Waals surface area contributed by atoms with Crippen molar-refractivity contribution in [2.45, 2.75) is 45.8 Å². The minimum absolute atomic E-state index is 0. The smallest absolute Gasteiger partial charge is 0.250 e. The van der Waals surface area contributed by atoms with Gasteiger partial charge in [0, 0.05) is 44.0 Å². The van der Waals surface area contributed by atoms with E-state index >= 15 is 0 Å². The lowest BCUT2D eigenvalue weighted by molar-refractivity contribution is 0.242. The molecule has 0 amide bonds. The third-order valence-corrected chi connectivity index (χ3v) is 4.71. The lowest BCUT2D eigenvalue weighted by Crippen LogP contribution is -2.32. The highest BCUT2D eigenvalue weighted by Gasteiger charge is 2.03. The second kappa shape index (κ2) is 14.4. The van der Waals surface area contributed by atoms with Crippen molar-refractivity contribution in [3.8, 4) is 5.75 Å². The molecule has 0 unspecified atom stereocenters. The quantitative estimate of drug-likeness (QED) is 0.150. The third kappa shape index (κ3) is 9.73. The molecule has 8 heteroatoms. The highest BCUT2D eigenvalue weighted by molar-refractivity contribution is 14.0. The predicted molar refractivity (Wildman–Crippen MR) is 144 cm³/mol. The van der Waals surface area contributed by atoms with Gasteiger partial charge in [-0.25, -0.2) is 0 Å². The zero-order valence-electron chi connectivity index (χ0n) is 19.2. The van der Waals surface area contributed by atoms with E-state index in [2.05, 4.69) is 10.6 Å². The second-order valence-electron chi connectivity index (χ2n) is 7.74. The van der Waals surface area contributed by atoms with E-state index in [4.69, 9.17) is 14.1 Å². The van der Waals surface area contributed by atoms with Crippen LogP contribution < -0.4 is 20.9 Å². The Morgan fingerprint density at radius 1 is 1.09 bits per heavy atom. The van der Waals surface area contributed by atoms with Crippen molar-refractivity contribution >= 4 is 35.6 Å². The fourth-order valence-electron chi connectivity index (χ4n) is 3.15. The number of unbranched alkanes of at least 4 members (excludes halogenated alkanes) is 1. The molecule has 2 aromatic heterocycles. The summed E-state index contributed by atoms with van der Waals surface area (Å²) in [5, 5.41) is 6.72. The Bertz CT molecular complexity index is 1010. The maximum atomic E-state index is 11.8. The summed E-state index contributed by atoms with van der Waals surface area (Å²) in [7, 11) is 0. The number of benzene rings is 1. The van der Waals surface area contributed by atoms with E-state index in [1.807, 2.05) is 62.5 Å².